The summed E-state index contributed by atoms with van der Waals surface area (Å²) >= 11 is 0. The minimum absolute atomic E-state index is 0.101. The van der Waals surface area contributed by atoms with Gasteiger partial charge in [0.25, 0.3) is 0 Å². The first-order chi connectivity index (χ1) is 12.1. The molecule has 3 atom stereocenters. The Morgan fingerprint density at radius 2 is 1.68 bits per heavy atom. The van der Waals surface area contributed by atoms with E-state index in [1.54, 1.807) is 18.2 Å². The topological polar surface area (TPSA) is 58.2 Å². The van der Waals surface area contributed by atoms with Gasteiger partial charge in [0, 0.05) is 12.1 Å². The second-order valence-corrected chi connectivity index (χ2v) is 6.40. The summed E-state index contributed by atoms with van der Waals surface area (Å²) in [4.78, 5) is 24.4. The molecule has 0 saturated heterocycles. The van der Waals surface area contributed by atoms with Crippen LogP contribution in [-0.2, 0) is 16.1 Å². The molecular formula is C20H21FN2O2. The quantitative estimate of drug-likeness (QED) is 0.849. The van der Waals surface area contributed by atoms with Crippen molar-refractivity contribution >= 4 is 11.8 Å². The first-order valence-electron chi connectivity index (χ1n) is 8.42. The van der Waals surface area contributed by atoms with Gasteiger partial charge in [0.1, 0.15) is 5.82 Å². The van der Waals surface area contributed by atoms with E-state index in [1.807, 2.05) is 37.3 Å². The zero-order chi connectivity index (χ0) is 17.8. The molecule has 3 unspecified atom stereocenters. The van der Waals surface area contributed by atoms with Gasteiger partial charge < -0.3 is 10.6 Å². The minimum atomic E-state index is -0.343. The van der Waals surface area contributed by atoms with E-state index in [9.17, 15) is 14.0 Å². The molecule has 25 heavy (non-hydrogen) atoms. The number of rotatable bonds is 6. The number of hydrogen-bond donors (Lipinski definition) is 2. The summed E-state index contributed by atoms with van der Waals surface area (Å²) < 4.78 is 13.6. The Labute approximate surface area is 146 Å². The van der Waals surface area contributed by atoms with Gasteiger partial charge in [-0.25, -0.2) is 4.39 Å². The van der Waals surface area contributed by atoms with Crippen molar-refractivity contribution in [1.82, 2.24) is 10.6 Å². The third-order valence-corrected chi connectivity index (χ3v) is 4.53. The van der Waals surface area contributed by atoms with Gasteiger partial charge in [0.05, 0.1) is 17.9 Å². The van der Waals surface area contributed by atoms with Crippen LogP contribution in [-0.4, -0.2) is 11.8 Å². The Bertz CT molecular complexity index is 763. The molecule has 2 aromatic rings. The Morgan fingerprint density at radius 3 is 2.40 bits per heavy atom. The van der Waals surface area contributed by atoms with Gasteiger partial charge >= 0.3 is 0 Å². The van der Waals surface area contributed by atoms with Gasteiger partial charge in [0.15, 0.2) is 0 Å². The lowest BCUT2D eigenvalue weighted by Gasteiger charge is -2.14. The number of amides is 2. The van der Waals surface area contributed by atoms with E-state index in [1.165, 1.54) is 6.07 Å². The lowest BCUT2D eigenvalue weighted by Crippen LogP contribution is -2.31. The summed E-state index contributed by atoms with van der Waals surface area (Å²) in [6.07, 6.45) is 0.538. The summed E-state index contributed by atoms with van der Waals surface area (Å²) in [6.45, 7) is 2.06. The van der Waals surface area contributed by atoms with Crippen molar-refractivity contribution in [2.75, 3.05) is 0 Å². The maximum absolute atomic E-state index is 13.6. The van der Waals surface area contributed by atoms with Crippen LogP contribution in [0.2, 0.25) is 0 Å². The molecule has 2 amide bonds. The SMILES string of the molecule is CC(NC(=O)C1CC1C(=O)NCc1ccccc1F)c1ccccc1. The lowest BCUT2D eigenvalue weighted by molar-refractivity contribution is -0.127. The van der Waals surface area contributed by atoms with E-state index >= 15 is 0 Å². The number of nitrogens with one attached hydrogen (secondary N) is 2. The van der Waals surface area contributed by atoms with Crippen LogP contribution >= 0.6 is 0 Å². The van der Waals surface area contributed by atoms with Gasteiger partial charge in [0.2, 0.25) is 11.8 Å². The smallest absolute Gasteiger partial charge is 0.224 e. The summed E-state index contributed by atoms with van der Waals surface area (Å²) in [7, 11) is 0. The first-order valence-corrected chi connectivity index (χ1v) is 8.42. The lowest BCUT2D eigenvalue weighted by atomic mass is 10.1. The number of carbonyl (C=O) groups excluding carboxylic acids is 2. The van der Waals surface area contributed by atoms with Crippen molar-refractivity contribution in [1.29, 1.82) is 0 Å². The largest absolute Gasteiger partial charge is 0.352 e. The Balaban J connectivity index is 1.47. The highest BCUT2D eigenvalue weighted by Gasteiger charge is 2.48. The number of halogens is 1. The third kappa shape index (κ3) is 4.24. The maximum atomic E-state index is 13.6. The van der Waals surface area contributed by atoms with Gasteiger partial charge in [-0.3, -0.25) is 9.59 Å². The highest BCUT2D eigenvalue weighted by Crippen LogP contribution is 2.39. The van der Waals surface area contributed by atoms with Gasteiger partial charge in [-0.2, -0.15) is 0 Å². The molecule has 5 heteroatoms. The van der Waals surface area contributed by atoms with E-state index in [0.29, 0.717) is 12.0 Å². The first kappa shape index (κ1) is 17.1. The highest BCUT2D eigenvalue weighted by atomic mass is 19.1. The average molecular weight is 340 g/mol. The minimum Gasteiger partial charge on any atom is -0.352 e. The van der Waals surface area contributed by atoms with Crippen molar-refractivity contribution in [2.45, 2.75) is 25.9 Å². The normalized spacial score (nSPS) is 19.8. The molecule has 2 aromatic carbocycles. The van der Waals surface area contributed by atoms with E-state index in [2.05, 4.69) is 10.6 Å². The molecule has 2 N–H and O–H groups in total. The van der Waals surface area contributed by atoms with Crippen molar-refractivity contribution < 1.29 is 14.0 Å². The molecular weight excluding hydrogens is 319 g/mol. The van der Waals surface area contributed by atoms with Crippen molar-refractivity contribution in [3.8, 4) is 0 Å². The second kappa shape index (κ2) is 7.47. The molecule has 0 aromatic heterocycles. The number of carbonyl (C=O) groups is 2. The Hall–Kier alpha value is -2.69. The van der Waals surface area contributed by atoms with E-state index in [-0.39, 0.29) is 42.1 Å². The molecule has 130 valence electrons. The Morgan fingerprint density at radius 1 is 1.04 bits per heavy atom. The van der Waals surface area contributed by atoms with Crippen molar-refractivity contribution in [3.63, 3.8) is 0 Å². The van der Waals surface area contributed by atoms with E-state index < -0.39 is 0 Å². The van der Waals surface area contributed by atoms with Crippen molar-refractivity contribution in [3.05, 3.63) is 71.5 Å². The molecule has 0 bridgehead atoms. The molecule has 3 rings (SSSR count). The number of hydrogen-bond acceptors (Lipinski definition) is 2. The van der Waals surface area contributed by atoms with Gasteiger partial charge in [-0.05, 0) is 25.0 Å². The summed E-state index contributed by atoms with van der Waals surface area (Å²) in [6, 6.07) is 15.9. The Kier molecular flexibility index (Phi) is 5.12. The van der Waals surface area contributed by atoms with Crippen molar-refractivity contribution in [2.24, 2.45) is 11.8 Å². The fraction of sp³-hybridized carbons (Fsp3) is 0.300. The van der Waals surface area contributed by atoms with Crippen LogP contribution in [0.1, 0.15) is 30.5 Å². The summed E-state index contributed by atoms with van der Waals surface area (Å²) in [5, 5.41) is 5.66. The standard InChI is InChI=1S/C20H21FN2O2/c1-13(14-7-3-2-4-8-14)23-20(25)17-11-16(17)19(24)22-12-15-9-5-6-10-18(15)21/h2-10,13,16-17H,11-12H2,1H3,(H,22,24)(H,23,25). The van der Waals surface area contributed by atoms with E-state index in [4.69, 9.17) is 0 Å². The molecule has 0 spiro atoms. The van der Waals surface area contributed by atoms with Gasteiger partial charge in [-0.15, -0.1) is 0 Å². The molecule has 0 aliphatic heterocycles. The van der Waals surface area contributed by atoms with Crippen LogP contribution in [0.5, 0.6) is 0 Å². The summed E-state index contributed by atoms with van der Waals surface area (Å²) in [5.74, 6) is -1.27. The van der Waals surface area contributed by atoms with Crippen LogP contribution in [0.3, 0.4) is 0 Å². The predicted molar refractivity (Wildman–Crippen MR) is 92.8 cm³/mol. The molecule has 1 aliphatic carbocycles. The maximum Gasteiger partial charge on any atom is 0.224 e. The van der Waals surface area contributed by atoms with Crippen LogP contribution in [0.25, 0.3) is 0 Å². The summed E-state index contributed by atoms with van der Waals surface area (Å²) in [5.41, 5.74) is 1.47. The fourth-order valence-corrected chi connectivity index (χ4v) is 2.88. The molecule has 1 saturated carbocycles. The molecule has 0 radical (unpaired) electrons. The number of benzene rings is 2. The van der Waals surface area contributed by atoms with Crippen LogP contribution in [0.4, 0.5) is 4.39 Å². The van der Waals surface area contributed by atoms with Crippen LogP contribution < -0.4 is 10.6 Å². The average Bonchev–Trinajstić information content (AvgIpc) is 3.42. The second-order valence-electron chi connectivity index (χ2n) is 6.40. The molecule has 1 fully saturated rings. The van der Waals surface area contributed by atoms with Gasteiger partial charge in [-0.1, -0.05) is 48.5 Å². The van der Waals surface area contributed by atoms with Crippen LogP contribution in [0.15, 0.2) is 54.6 Å². The zero-order valence-electron chi connectivity index (χ0n) is 14.0. The monoisotopic (exact) mass is 340 g/mol. The molecule has 1 aliphatic rings. The predicted octanol–water partition coefficient (Wildman–Crippen LogP) is 2.96. The fourth-order valence-electron chi connectivity index (χ4n) is 2.88. The zero-order valence-corrected chi connectivity index (χ0v) is 14.0. The molecule has 0 heterocycles. The third-order valence-electron chi connectivity index (χ3n) is 4.53. The highest BCUT2D eigenvalue weighted by molar-refractivity contribution is 5.92. The molecule has 4 nitrogen and oxygen atoms in total. The van der Waals surface area contributed by atoms with E-state index in [0.717, 1.165) is 5.56 Å². The van der Waals surface area contributed by atoms with Crippen LogP contribution in [0, 0.1) is 17.7 Å².